The van der Waals surface area contributed by atoms with Crippen LogP contribution in [0.1, 0.15) is 20.8 Å². The minimum absolute atomic E-state index is 0.0683. The molecule has 3 aromatic rings. The number of esters is 1. The van der Waals surface area contributed by atoms with Gasteiger partial charge in [-0.15, -0.1) is 11.3 Å². The van der Waals surface area contributed by atoms with E-state index in [4.69, 9.17) is 4.74 Å². The maximum absolute atomic E-state index is 12.3. The molecule has 0 unspecified atom stereocenters. The third kappa shape index (κ3) is 3.57. The van der Waals surface area contributed by atoms with E-state index in [0.717, 1.165) is 21.6 Å². The number of hydrogen-bond donors (Lipinski definition) is 1. The van der Waals surface area contributed by atoms with Gasteiger partial charge in [0.1, 0.15) is 16.4 Å². The number of phenolic OH excluding ortho intramolecular Hbond substituents is 1. The van der Waals surface area contributed by atoms with Crippen LogP contribution < -0.4 is 4.74 Å². The average molecular weight is 369 g/mol. The summed E-state index contributed by atoms with van der Waals surface area (Å²) in [6, 6.07) is 12.6. The predicted octanol–water partition coefficient (Wildman–Crippen LogP) is 4.86. The molecule has 2 aromatic carbocycles. The highest BCUT2D eigenvalue weighted by molar-refractivity contribution is 7.17. The van der Waals surface area contributed by atoms with Gasteiger partial charge in [0.25, 0.3) is 5.69 Å². The van der Waals surface area contributed by atoms with Crippen LogP contribution in [-0.2, 0) is 0 Å². The van der Waals surface area contributed by atoms with Crippen molar-refractivity contribution in [2.24, 2.45) is 0 Å². The third-order valence-electron chi connectivity index (χ3n) is 3.84. The first-order valence-electron chi connectivity index (χ1n) is 7.72. The molecule has 0 atom stereocenters. The summed E-state index contributed by atoms with van der Waals surface area (Å²) in [4.78, 5) is 23.7. The first kappa shape index (κ1) is 17.6. The summed E-state index contributed by atoms with van der Waals surface area (Å²) >= 11 is 1.28. The molecule has 0 aliphatic heterocycles. The number of aryl methyl sites for hydroxylation is 2. The topological polar surface area (TPSA) is 89.7 Å². The summed E-state index contributed by atoms with van der Waals surface area (Å²) in [5, 5.41) is 20.5. The van der Waals surface area contributed by atoms with Gasteiger partial charge in [-0.25, -0.2) is 4.79 Å². The zero-order valence-corrected chi connectivity index (χ0v) is 14.9. The standard InChI is InChI=1S/C19H15NO5S/c1-11-9-13(10-12(2)18(11)21)16-7-8-17(26-16)19(22)25-15-5-3-14(4-6-15)20(23)24/h3-10,21H,1-2H3. The van der Waals surface area contributed by atoms with E-state index >= 15 is 0 Å². The second-order valence-electron chi connectivity index (χ2n) is 5.76. The Hall–Kier alpha value is -3.19. The van der Waals surface area contributed by atoms with Gasteiger partial charge in [0.15, 0.2) is 0 Å². The molecule has 0 aliphatic carbocycles. The van der Waals surface area contributed by atoms with Crippen LogP contribution in [0.15, 0.2) is 48.5 Å². The lowest BCUT2D eigenvalue weighted by atomic mass is 10.0. The Bertz CT molecular complexity index is 968. The summed E-state index contributed by atoms with van der Waals surface area (Å²) in [7, 11) is 0. The van der Waals surface area contributed by atoms with Gasteiger partial charge < -0.3 is 9.84 Å². The number of benzene rings is 2. The van der Waals surface area contributed by atoms with Crippen molar-refractivity contribution in [1.82, 2.24) is 0 Å². The van der Waals surface area contributed by atoms with E-state index in [1.807, 2.05) is 32.0 Å². The number of ether oxygens (including phenoxy) is 1. The number of non-ortho nitro benzene ring substituents is 1. The minimum atomic E-state index is -0.526. The van der Waals surface area contributed by atoms with Crippen molar-refractivity contribution in [3.63, 3.8) is 0 Å². The van der Waals surface area contributed by atoms with Crippen molar-refractivity contribution in [2.75, 3.05) is 0 Å². The number of rotatable bonds is 4. The second-order valence-corrected chi connectivity index (χ2v) is 6.85. The normalized spacial score (nSPS) is 10.5. The van der Waals surface area contributed by atoms with E-state index in [1.54, 1.807) is 6.07 Å². The first-order valence-corrected chi connectivity index (χ1v) is 8.54. The van der Waals surface area contributed by atoms with E-state index < -0.39 is 10.9 Å². The highest BCUT2D eigenvalue weighted by Crippen LogP contribution is 2.33. The molecule has 0 saturated carbocycles. The number of nitrogens with zero attached hydrogens (tertiary/aromatic N) is 1. The molecule has 0 fully saturated rings. The fourth-order valence-electron chi connectivity index (χ4n) is 2.49. The molecular formula is C19H15NO5S. The largest absolute Gasteiger partial charge is 0.507 e. The van der Waals surface area contributed by atoms with E-state index in [0.29, 0.717) is 4.88 Å². The molecule has 0 aliphatic rings. The first-order chi connectivity index (χ1) is 12.3. The van der Waals surface area contributed by atoms with Gasteiger partial charge in [-0.2, -0.15) is 0 Å². The highest BCUT2D eigenvalue weighted by Gasteiger charge is 2.15. The molecule has 1 aromatic heterocycles. The molecule has 0 amide bonds. The van der Waals surface area contributed by atoms with Crippen molar-refractivity contribution in [3.05, 3.63) is 74.6 Å². The number of nitro groups is 1. The third-order valence-corrected chi connectivity index (χ3v) is 4.96. The molecule has 1 heterocycles. The smallest absolute Gasteiger partial charge is 0.353 e. The SMILES string of the molecule is Cc1cc(-c2ccc(C(=O)Oc3ccc([N+](=O)[O-])cc3)s2)cc(C)c1O. The molecule has 0 bridgehead atoms. The van der Waals surface area contributed by atoms with Crippen LogP contribution in [0.4, 0.5) is 5.69 Å². The lowest BCUT2D eigenvalue weighted by Gasteiger charge is -2.06. The molecule has 1 N–H and O–H groups in total. The van der Waals surface area contributed by atoms with Crippen LogP contribution in [0, 0.1) is 24.0 Å². The molecule has 0 spiro atoms. The fraction of sp³-hybridized carbons (Fsp3) is 0.105. The predicted molar refractivity (Wildman–Crippen MR) is 98.9 cm³/mol. The van der Waals surface area contributed by atoms with Gasteiger partial charge in [-0.1, -0.05) is 0 Å². The molecule has 3 rings (SSSR count). The van der Waals surface area contributed by atoms with E-state index in [2.05, 4.69) is 0 Å². The number of aromatic hydroxyl groups is 1. The van der Waals surface area contributed by atoms with Gasteiger partial charge in [-0.05, 0) is 66.9 Å². The maximum atomic E-state index is 12.3. The molecule has 26 heavy (non-hydrogen) atoms. The number of nitro benzene ring substituents is 1. The Morgan fingerprint density at radius 3 is 2.27 bits per heavy atom. The summed E-state index contributed by atoms with van der Waals surface area (Å²) < 4.78 is 5.26. The maximum Gasteiger partial charge on any atom is 0.353 e. The molecule has 0 saturated heterocycles. The Morgan fingerprint density at radius 1 is 1.08 bits per heavy atom. The van der Waals surface area contributed by atoms with Crippen LogP contribution in [0.2, 0.25) is 0 Å². The molecule has 6 nitrogen and oxygen atoms in total. The Kier molecular flexibility index (Phi) is 4.73. The zero-order chi connectivity index (χ0) is 18.8. The van der Waals surface area contributed by atoms with Crippen molar-refractivity contribution < 1.29 is 19.6 Å². The molecule has 7 heteroatoms. The van der Waals surface area contributed by atoms with E-state index in [9.17, 15) is 20.0 Å². The molecule has 0 radical (unpaired) electrons. The van der Waals surface area contributed by atoms with Crippen LogP contribution in [0.5, 0.6) is 11.5 Å². The van der Waals surface area contributed by atoms with Gasteiger partial charge in [0, 0.05) is 17.0 Å². The van der Waals surface area contributed by atoms with Crippen molar-refractivity contribution in [2.45, 2.75) is 13.8 Å². The zero-order valence-electron chi connectivity index (χ0n) is 14.1. The lowest BCUT2D eigenvalue weighted by molar-refractivity contribution is -0.384. The number of thiophene rings is 1. The molecule has 132 valence electrons. The van der Waals surface area contributed by atoms with Crippen LogP contribution >= 0.6 is 11.3 Å². The van der Waals surface area contributed by atoms with Crippen molar-refractivity contribution >= 4 is 23.0 Å². The van der Waals surface area contributed by atoms with Crippen LogP contribution in [0.25, 0.3) is 10.4 Å². The van der Waals surface area contributed by atoms with Gasteiger partial charge >= 0.3 is 5.97 Å². The van der Waals surface area contributed by atoms with Crippen molar-refractivity contribution in [3.8, 4) is 21.9 Å². The van der Waals surface area contributed by atoms with Crippen LogP contribution in [-0.4, -0.2) is 16.0 Å². The van der Waals surface area contributed by atoms with E-state index in [-0.39, 0.29) is 17.2 Å². The van der Waals surface area contributed by atoms with Gasteiger partial charge in [-0.3, -0.25) is 10.1 Å². The summed E-state index contributed by atoms with van der Waals surface area (Å²) in [6.07, 6.45) is 0. The van der Waals surface area contributed by atoms with Gasteiger partial charge in [0.2, 0.25) is 0 Å². The fourth-order valence-corrected chi connectivity index (χ4v) is 3.36. The number of carbonyl (C=O) groups is 1. The minimum Gasteiger partial charge on any atom is -0.507 e. The summed E-state index contributed by atoms with van der Waals surface area (Å²) in [5.41, 5.74) is 2.38. The Balaban J connectivity index is 1.79. The number of hydrogen-bond acceptors (Lipinski definition) is 6. The lowest BCUT2D eigenvalue weighted by Crippen LogP contribution is -2.06. The quantitative estimate of drug-likeness (QED) is 0.307. The van der Waals surface area contributed by atoms with E-state index in [1.165, 1.54) is 35.6 Å². The average Bonchev–Trinajstić information content (AvgIpc) is 3.10. The second kappa shape index (κ2) is 6.97. The monoisotopic (exact) mass is 369 g/mol. The highest BCUT2D eigenvalue weighted by atomic mass is 32.1. The molecular weight excluding hydrogens is 354 g/mol. The van der Waals surface area contributed by atoms with Crippen LogP contribution in [0.3, 0.4) is 0 Å². The summed E-state index contributed by atoms with van der Waals surface area (Å²) in [6.45, 7) is 3.65. The summed E-state index contributed by atoms with van der Waals surface area (Å²) in [5.74, 6) is -0.0164. The Morgan fingerprint density at radius 2 is 1.69 bits per heavy atom. The van der Waals surface area contributed by atoms with Crippen molar-refractivity contribution in [1.29, 1.82) is 0 Å². The Labute approximate surface area is 153 Å². The van der Waals surface area contributed by atoms with Gasteiger partial charge in [0.05, 0.1) is 4.92 Å². The number of phenols is 1. The number of carbonyl (C=O) groups excluding carboxylic acids is 1.